The van der Waals surface area contributed by atoms with Crippen LogP contribution in [0.2, 0.25) is 0 Å². The summed E-state index contributed by atoms with van der Waals surface area (Å²) < 4.78 is 64.4. The number of carbonyl (C=O) groups is 1. The average Bonchev–Trinajstić information content (AvgIpc) is 3.34. The summed E-state index contributed by atoms with van der Waals surface area (Å²) in [7, 11) is 0. The fourth-order valence-electron chi connectivity index (χ4n) is 4.17. The normalized spacial score (nSPS) is 18.9. The molecule has 3 aromatic rings. The fraction of sp³-hybridized carbons (Fsp3) is 0.321. The monoisotopic (exact) mass is 558 g/mol. The predicted molar refractivity (Wildman–Crippen MR) is 135 cm³/mol. The van der Waals surface area contributed by atoms with Crippen molar-refractivity contribution in [1.29, 1.82) is 0 Å². The van der Waals surface area contributed by atoms with Gasteiger partial charge in [-0.2, -0.15) is 17.7 Å². The molecule has 2 heterocycles. The maximum absolute atomic E-state index is 13.8. The third-order valence-electron chi connectivity index (χ3n) is 6.07. The zero-order chi connectivity index (χ0) is 28.7. The Balaban J connectivity index is 1.57. The van der Waals surface area contributed by atoms with Gasteiger partial charge in [0.2, 0.25) is 0 Å². The second-order valence-corrected chi connectivity index (χ2v) is 8.78. The van der Waals surface area contributed by atoms with Gasteiger partial charge in [0, 0.05) is 18.2 Å². The minimum atomic E-state index is -5.15. The van der Waals surface area contributed by atoms with Crippen LogP contribution in [-0.4, -0.2) is 47.3 Å². The standard InChI is InChI=1S/C28H25F3N2O7/c1-2-13-39-22-14-24(40-23(22)17-38-18-37-16-19-9-5-3-6-10-19)32-15-21(28(29,30)31)26(35)33(27(32)36)25(34)20-11-7-4-8-12-20/h1,3-12,15,22-24H,13-14,16-18H2/t22-,23+,24+/m0/s1. The molecule has 40 heavy (non-hydrogen) atoms. The van der Waals surface area contributed by atoms with E-state index in [4.69, 9.17) is 25.4 Å². The Bertz CT molecular complexity index is 1460. The number of carbonyl (C=O) groups excluding carboxylic acids is 1. The molecule has 12 heteroatoms. The average molecular weight is 559 g/mol. The summed E-state index contributed by atoms with van der Waals surface area (Å²) in [6.45, 7) is -0.0467. The molecule has 1 aliphatic rings. The molecule has 3 atom stereocenters. The summed E-state index contributed by atoms with van der Waals surface area (Å²) in [5.74, 6) is 1.10. The maximum Gasteiger partial charge on any atom is 0.423 e. The van der Waals surface area contributed by atoms with Gasteiger partial charge in [0.25, 0.3) is 11.5 Å². The molecule has 1 fully saturated rings. The van der Waals surface area contributed by atoms with E-state index < -0.39 is 47.3 Å². The van der Waals surface area contributed by atoms with Crippen molar-refractivity contribution >= 4 is 5.91 Å². The molecule has 0 N–H and O–H groups in total. The molecule has 4 rings (SSSR count). The van der Waals surface area contributed by atoms with Gasteiger partial charge in [0.05, 0.1) is 19.3 Å². The molecular weight excluding hydrogens is 533 g/mol. The fourth-order valence-corrected chi connectivity index (χ4v) is 4.17. The first-order chi connectivity index (χ1) is 19.2. The Hall–Kier alpha value is -4.02. The zero-order valence-corrected chi connectivity index (χ0v) is 21.1. The number of hydrogen-bond acceptors (Lipinski definition) is 7. The molecule has 1 saturated heterocycles. The van der Waals surface area contributed by atoms with Gasteiger partial charge in [-0.15, -0.1) is 6.42 Å². The number of aromatic nitrogens is 2. The van der Waals surface area contributed by atoms with Crippen LogP contribution in [0.5, 0.6) is 0 Å². The Morgan fingerprint density at radius 2 is 1.73 bits per heavy atom. The molecule has 9 nitrogen and oxygen atoms in total. The lowest BCUT2D eigenvalue weighted by atomic mass is 10.2. The van der Waals surface area contributed by atoms with Crippen LogP contribution in [0, 0.1) is 12.3 Å². The van der Waals surface area contributed by atoms with E-state index in [0.29, 0.717) is 17.4 Å². The van der Waals surface area contributed by atoms with Gasteiger partial charge in [-0.05, 0) is 17.7 Å². The van der Waals surface area contributed by atoms with Gasteiger partial charge in [-0.1, -0.05) is 54.5 Å². The number of ether oxygens (including phenoxy) is 4. The van der Waals surface area contributed by atoms with Crippen LogP contribution in [0.15, 0.2) is 76.4 Å². The minimum absolute atomic E-state index is 0.0416. The summed E-state index contributed by atoms with van der Waals surface area (Å²) in [4.78, 5) is 38.9. The number of rotatable bonds is 10. The third-order valence-corrected chi connectivity index (χ3v) is 6.07. The summed E-state index contributed by atoms with van der Waals surface area (Å²) in [6, 6.07) is 16.4. The lowest BCUT2D eigenvalue weighted by Gasteiger charge is -2.19. The number of terminal acetylenes is 1. The lowest BCUT2D eigenvalue weighted by Crippen LogP contribution is -2.47. The van der Waals surface area contributed by atoms with Crippen LogP contribution in [0.4, 0.5) is 13.2 Å². The van der Waals surface area contributed by atoms with Gasteiger partial charge >= 0.3 is 11.9 Å². The highest BCUT2D eigenvalue weighted by molar-refractivity contribution is 5.95. The molecule has 2 aromatic carbocycles. The molecule has 0 radical (unpaired) electrons. The van der Waals surface area contributed by atoms with E-state index in [1.54, 1.807) is 6.07 Å². The van der Waals surface area contributed by atoms with Crippen molar-refractivity contribution in [1.82, 2.24) is 9.13 Å². The quantitative estimate of drug-likeness (QED) is 0.214. The highest BCUT2D eigenvalue weighted by Crippen LogP contribution is 2.32. The number of alkyl halides is 3. The topological polar surface area (TPSA) is 98.0 Å². The van der Waals surface area contributed by atoms with E-state index in [1.807, 2.05) is 30.3 Å². The first kappa shape index (κ1) is 29.0. The maximum atomic E-state index is 13.8. The largest absolute Gasteiger partial charge is 0.423 e. The van der Waals surface area contributed by atoms with E-state index in [0.717, 1.165) is 5.56 Å². The lowest BCUT2D eigenvalue weighted by molar-refractivity contribution is -0.140. The van der Waals surface area contributed by atoms with Crippen LogP contribution >= 0.6 is 0 Å². The van der Waals surface area contributed by atoms with Gasteiger partial charge in [-0.25, -0.2) is 4.79 Å². The highest BCUT2D eigenvalue weighted by atomic mass is 19.4. The van der Waals surface area contributed by atoms with Crippen molar-refractivity contribution in [2.75, 3.05) is 20.0 Å². The van der Waals surface area contributed by atoms with E-state index in [-0.39, 0.29) is 36.6 Å². The highest BCUT2D eigenvalue weighted by Gasteiger charge is 2.41. The molecule has 0 amide bonds. The minimum Gasteiger partial charge on any atom is -0.363 e. The summed E-state index contributed by atoms with van der Waals surface area (Å²) in [5.41, 5.74) is -3.98. The van der Waals surface area contributed by atoms with Gasteiger partial charge in [0.1, 0.15) is 31.3 Å². The number of benzene rings is 2. The second-order valence-electron chi connectivity index (χ2n) is 8.78. The van der Waals surface area contributed by atoms with Crippen LogP contribution in [-0.2, 0) is 31.7 Å². The van der Waals surface area contributed by atoms with E-state index in [2.05, 4.69) is 5.92 Å². The number of halogens is 3. The summed E-state index contributed by atoms with van der Waals surface area (Å²) in [6.07, 6.45) is -2.53. The molecule has 0 bridgehead atoms. The van der Waals surface area contributed by atoms with Gasteiger partial charge < -0.3 is 18.9 Å². The van der Waals surface area contributed by atoms with Gasteiger partial charge in [-0.3, -0.25) is 14.2 Å². The Labute approximate surface area is 226 Å². The molecule has 0 unspecified atom stereocenters. The van der Waals surface area contributed by atoms with E-state index in [1.165, 1.54) is 24.3 Å². The first-order valence-corrected chi connectivity index (χ1v) is 12.2. The van der Waals surface area contributed by atoms with Crippen molar-refractivity contribution in [3.05, 3.63) is 104 Å². The molecule has 0 spiro atoms. The van der Waals surface area contributed by atoms with Gasteiger partial charge in [0.15, 0.2) is 0 Å². The van der Waals surface area contributed by atoms with Crippen molar-refractivity contribution in [3.8, 4) is 12.3 Å². The molecule has 210 valence electrons. The van der Waals surface area contributed by atoms with Crippen LogP contribution in [0.25, 0.3) is 0 Å². The first-order valence-electron chi connectivity index (χ1n) is 12.2. The van der Waals surface area contributed by atoms with Crippen molar-refractivity contribution < 1.29 is 36.9 Å². The number of nitrogens with zero attached hydrogens (tertiary/aromatic N) is 2. The van der Waals surface area contributed by atoms with Crippen molar-refractivity contribution in [2.24, 2.45) is 0 Å². The molecule has 1 aromatic heterocycles. The van der Waals surface area contributed by atoms with Crippen molar-refractivity contribution in [3.63, 3.8) is 0 Å². The van der Waals surface area contributed by atoms with E-state index >= 15 is 0 Å². The summed E-state index contributed by atoms with van der Waals surface area (Å²) >= 11 is 0. The molecule has 0 saturated carbocycles. The molecule has 0 aliphatic carbocycles. The van der Waals surface area contributed by atoms with E-state index in [9.17, 15) is 27.6 Å². The van der Waals surface area contributed by atoms with Crippen molar-refractivity contribution in [2.45, 2.75) is 37.6 Å². The Morgan fingerprint density at radius 1 is 1.05 bits per heavy atom. The van der Waals surface area contributed by atoms with Crippen LogP contribution in [0.1, 0.15) is 34.1 Å². The van der Waals surface area contributed by atoms with Crippen LogP contribution < -0.4 is 11.2 Å². The zero-order valence-electron chi connectivity index (χ0n) is 21.1. The smallest absolute Gasteiger partial charge is 0.363 e. The Kier molecular flexibility index (Phi) is 9.34. The predicted octanol–water partition coefficient (Wildman–Crippen LogP) is 3.21. The third kappa shape index (κ3) is 6.75. The second kappa shape index (κ2) is 12.9. The Morgan fingerprint density at radius 3 is 2.38 bits per heavy atom. The number of hydrogen-bond donors (Lipinski definition) is 0. The SMILES string of the molecule is C#CCO[C@H]1C[C@H](n2cc(C(F)(F)F)c(=O)n(C(=O)c3ccccc3)c2=O)O[C@@H]1COCOCc1ccccc1. The molecular formula is C28H25F3N2O7. The molecule has 1 aliphatic heterocycles. The van der Waals surface area contributed by atoms with Crippen LogP contribution in [0.3, 0.4) is 0 Å². The summed E-state index contributed by atoms with van der Waals surface area (Å²) in [5, 5.41) is 0.